The van der Waals surface area contributed by atoms with Crippen molar-refractivity contribution >= 4 is 11.6 Å². The monoisotopic (exact) mass is 320 g/mol. The smallest absolute Gasteiger partial charge is 0.255 e. The van der Waals surface area contributed by atoms with Crippen LogP contribution in [0, 0.1) is 0 Å². The van der Waals surface area contributed by atoms with Gasteiger partial charge in [0.05, 0.1) is 11.6 Å². The summed E-state index contributed by atoms with van der Waals surface area (Å²) < 4.78 is 0. The van der Waals surface area contributed by atoms with Gasteiger partial charge in [0.25, 0.3) is 5.91 Å². The van der Waals surface area contributed by atoms with Crippen molar-refractivity contribution in [3.63, 3.8) is 0 Å². The summed E-state index contributed by atoms with van der Waals surface area (Å²) in [6.07, 6.45) is 6.98. The van der Waals surface area contributed by atoms with Crippen LogP contribution >= 0.6 is 0 Å². The number of anilines is 1. The van der Waals surface area contributed by atoms with E-state index in [4.69, 9.17) is 0 Å². The zero-order valence-corrected chi connectivity index (χ0v) is 13.4. The number of nitrogens with one attached hydrogen (secondary N) is 2. The van der Waals surface area contributed by atoms with E-state index in [2.05, 4.69) is 32.7 Å². The van der Waals surface area contributed by atoms with Crippen molar-refractivity contribution in [2.45, 2.75) is 43.6 Å². The third kappa shape index (κ3) is 1.97. The predicted molar refractivity (Wildman–Crippen MR) is 91.5 cm³/mol. The molecule has 0 radical (unpaired) electrons. The first-order chi connectivity index (χ1) is 11.8. The molecule has 2 bridgehead atoms. The topological polar surface area (TPSA) is 57.3 Å². The molecular formula is C19H20N4O. The van der Waals surface area contributed by atoms with Crippen LogP contribution in [0.4, 0.5) is 5.69 Å². The molecule has 24 heavy (non-hydrogen) atoms. The molecule has 3 atom stereocenters. The lowest BCUT2D eigenvalue weighted by Crippen LogP contribution is -2.64. The molecule has 5 nitrogen and oxygen atoms in total. The maximum Gasteiger partial charge on any atom is 0.255 e. The zero-order valence-electron chi connectivity index (χ0n) is 13.4. The normalized spacial score (nSPS) is 30.9. The molecule has 2 N–H and O–H groups in total. The molecule has 3 aliphatic heterocycles. The van der Waals surface area contributed by atoms with Gasteiger partial charge in [0, 0.05) is 37.1 Å². The molecule has 0 aliphatic carbocycles. The Kier molecular flexibility index (Phi) is 2.94. The van der Waals surface area contributed by atoms with E-state index in [1.54, 1.807) is 0 Å². The van der Waals surface area contributed by atoms with Crippen LogP contribution in [0.1, 0.15) is 35.2 Å². The van der Waals surface area contributed by atoms with Gasteiger partial charge in [-0.05, 0) is 42.7 Å². The number of hydrogen-bond donors (Lipinski definition) is 2. The quantitative estimate of drug-likeness (QED) is 0.892. The lowest BCUT2D eigenvalue weighted by Gasteiger charge is -2.43. The van der Waals surface area contributed by atoms with Gasteiger partial charge in [-0.15, -0.1) is 0 Å². The van der Waals surface area contributed by atoms with E-state index in [9.17, 15) is 4.79 Å². The average Bonchev–Trinajstić information content (AvgIpc) is 3.10. The summed E-state index contributed by atoms with van der Waals surface area (Å²) in [7, 11) is 0. The molecule has 2 aromatic rings. The molecule has 2 fully saturated rings. The van der Waals surface area contributed by atoms with Crippen molar-refractivity contribution in [1.82, 2.24) is 15.2 Å². The van der Waals surface area contributed by atoms with Crippen LogP contribution in [0.5, 0.6) is 0 Å². The number of carbonyl (C=O) groups is 1. The molecule has 122 valence electrons. The first kappa shape index (κ1) is 14.0. The van der Waals surface area contributed by atoms with Gasteiger partial charge in [0.1, 0.15) is 5.66 Å². The van der Waals surface area contributed by atoms with Gasteiger partial charge >= 0.3 is 0 Å². The molecule has 2 saturated heterocycles. The van der Waals surface area contributed by atoms with Gasteiger partial charge in [-0.1, -0.05) is 12.1 Å². The second-order valence-corrected chi connectivity index (χ2v) is 7.07. The van der Waals surface area contributed by atoms with Crippen LogP contribution < -0.4 is 10.6 Å². The van der Waals surface area contributed by atoms with Crippen molar-refractivity contribution in [2.24, 2.45) is 0 Å². The highest BCUT2D eigenvalue weighted by atomic mass is 16.2. The largest absolute Gasteiger partial charge is 0.361 e. The van der Waals surface area contributed by atoms with E-state index in [0.717, 1.165) is 30.6 Å². The van der Waals surface area contributed by atoms with Gasteiger partial charge < -0.3 is 10.6 Å². The lowest BCUT2D eigenvalue weighted by molar-refractivity contribution is 0.0870. The third-order valence-corrected chi connectivity index (χ3v) is 5.75. The third-order valence-electron chi connectivity index (χ3n) is 5.75. The Bertz CT molecular complexity index is 793. The SMILES string of the molecule is O=C1N[C@]2(C[C@H]3CC[C@@H]2N3Cc2ccncc2)Nc2ccccc21. The molecule has 5 rings (SSSR count). The van der Waals surface area contributed by atoms with Crippen LogP contribution in [0.3, 0.4) is 0 Å². The highest BCUT2D eigenvalue weighted by molar-refractivity contribution is 6.02. The van der Waals surface area contributed by atoms with E-state index >= 15 is 0 Å². The summed E-state index contributed by atoms with van der Waals surface area (Å²) in [5, 5.41) is 6.96. The number of aromatic nitrogens is 1. The highest BCUT2D eigenvalue weighted by Crippen LogP contribution is 2.47. The van der Waals surface area contributed by atoms with Gasteiger partial charge in [-0.25, -0.2) is 0 Å². The standard InChI is InChI=1S/C19H20N4O/c24-18-15-3-1-2-4-16(15)21-19(22-18)11-14-5-6-17(19)23(14)12-13-7-9-20-10-8-13/h1-4,7-10,14,17,21H,5-6,11-12H2,(H,22,24)/t14-,17+,19+/m1/s1. The minimum absolute atomic E-state index is 0.0424. The first-order valence-corrected chi connectivity index (χ1v) is 8.60. The Morgan fingerprint density at radius 3 is 2.83 bits per heavy atom. The molecule has 4 heterocycles. The van der Waals surface area contributed by atoms with Gasteiger partial charge in [-0.3, -0.25) is 14.7 Å². The molecular weight excluding hydrogens is 300 g/mol. The van der Waals surface area contributed by atoms with Crippen molar-refractivity contribution in [3.05, 3.63) is 59.9 Å². The molecule has 0 unspecified atom stereocenters. The van der Waals surface area contributed by atoms with Crippen molar-refractivity contribution in [2.75, 3.05) is 5.32 Å². The molecule has 1 aromatic carbocycles. The van der Waals surface area contributed by atoms with E-state index in [0.29, 0.717) is 12.1 Å². The Morgan fingerprint density at radius 2 is 1.96 bits per heavy atom. The second-order valence-electron chi connectivity index (χ2n) is 7.07. The van der Waals surface area contributed by atoms with Crippen molar-refractivity contribution in [1.29, 1.82) is 0 Å². The number of rotatable bonds is 2. The Labute approximate surface area is 141 Å². The Morgan fingerprint density at radius 1 is 1.12 bits per heavy atom. The summed E-state index contributed by atoms with van der Waals surface area (Å²) in [4.78, 5) is 19.3. The lowest BCUT2D eigenvalue weighted by atomic mass is 9.86. The minimum atomic E-state index is -0.332. The fourth-order valence-corrected chi connectivity index (χ4v) is 4.73. The van der Waals surface area contributed by atoms with Crippen LogP contribution in [0.15, 0.2) is 48.8 Å². The number of hydrogen-bond acceptors (Lipinski definition) is 4. The number of pyridine rings is 1. The van der Waals surface area contributed by atoms with Crippen LogP contribution in [-0.2, 0) is 6.54 Å². The number of benzene rings is 1. The molecule has 1 amide bonds. The summed E-state index contributed by atoms with van der Waals surface area (Å²) in [5.74, 6) is 0.0424. The van der Waals surface area contributed by atoms with Crippen LogP contribution in [-0.4, -0.2) is 33.5 Å². The molecule has 1 spiro atoms. The first-order valence-electron chi connectivity index (χ1n) is 8.60. The van der Waals surface area contributed by atoms with E-state index in [1.165, 1.54) is 12.0 Å². The molecule has 3 aliphatic rings. The van der Waals surface area contributed by atoms with E-state index in [-0.39, 0.29) is 11.6 Å². The Hall–Kier alpha value is -2.40. The molecule has 0 saturated carbocycles. The van der Waals surface area contributed by atoms with Crippen molar-refractivity contribution < 1.29 is 4.79 Å². The maximum absolute atomic E-state index is 12.6. The van der Waals surface area contributed by atoms with Gasteiger partial charge in [0.2, 0.25) is 0 Å². The summed E-state index contributed by atoms with van der Waals surface area (Å²) >= 11 is 0. The second kappa shape index (κ2) is 5.05. The number of carbonyl (C=O) groups excluding carboxylic acids is 1. The highest BCUT2D eigenvalue weighted by Gasteiger charge is 2.58. The summed E-state index contributed by atoms with van der Waals surface area (Å²) in [5.41, 5.74) is 2.65. The fraction of sp³-hybridized carbons (Fsp3) is 0.368. The number of fused-ring (bicyclic) bond motifs is 4. The number of para-hydroxylation sites is 1. The van der Waals surface area contributed by atoms with Gasteiger partial charge in [-0.2, -0.15) is 0 Å². The average molecular weight is 320 g/mol. The minimum Gasteiger partial charge on any atom is -0.361 e. The number of amides is 1. The zero-order chi connectivity index (χ0) is 16.1. The molecule has 1 aromatic heterocycles. The van der Waals surface area contributed by atoms with Gasteiger partial charge in [0.15, 0.2) is 0 Å². The fourth-order valence-electron chi connectivity index (χ4n) is 4.73. The number of nitrogens with zero attached hydrogens (tertiary/aromatic N) is 2. The summed E-state index contributed by atoms with van der Waals surface area (Å²) in [6.45, 7) is 0.915. The van der Waals surface area contributed by atoms with E-state index in [1.807, 2.05) is 36.7 Å². The summed E-state index contributed by atoms with van der Waals surface area (Å²) in [6, 6.07) is 12.8. The molecule has 5 heteroatoms. The van der Waals surface area contributed by atoms with Crippen molar-refractivity contribution in [3.8, 4) is 0 Å². The van der Waals surface area contributed by atoms with E-state index < -0.39 is 0 Å². The predicted octanol–water partition coefficient (Wildman–Crippen LogP) is 2.37. The Balaban J connectivity index is 1.46. The maximum atomic E-state index is 12.6. The van der Waals surface area contributed by atoms with Crippen LogP contribution in [0.25, 0.3) is 0 Å². The van der Waals surface area contributed by atoms with Crippen LogP contribution in [0.2, 0.25) is 0 Å².